The predicted octanol–water partition coefficient (Wildman–Crippen LogP) is 3.63. The van der Waals surface area contributed by atoms with Gasteiger partial charge in [0, 0.05) is 23.2 Å². The van der Waals surface area contributed by atoms with E-state index in [2.05, 4.69) is 10.3 Å². The number of rotatable bonds is 5. The van der Waals surface area contributed by atoms with E-state index < -0.39 is 0 Å². The van der Waals surface area contributed by atoms with Crippen molar-refractivity contribution in [3.63, 3.8) is 0 Å². The first kappa shape index (κ1) is 21.6. The lowest BCUT2D eigenvalue weighted by Gasteiger charge is -2.26. The second kappa shape index (κ2) is 9.06. The minimum atomic E-state index is -0.340. The van der Waals surface area contributed by atoms with E-state index in [1.165, 1.54) is 0 Å². The fourth-order valence-electron chi connectivity index (χ4n) is 2.35. The fraction of sp³-hybridized carbons (Fsp3) is 0.412. The molecule has 1 amide bonds. The van der Waals surface area contributed by atoms with Crippen LogP contribution in [0.3, 0.4) is 0 Å². The van der Waals surface area contributed by atoms with Gasteiger partial charge in [0.1, 0.15) is 0 Å². The van der Waals surface area contributed by atoms with E-state index >= 15 is 0 Å². The van der Waals surface area contributed by atoms with Gasteiger partial charge < -0.3 is 11.1 Å². The van der Waals surface area contributed by atoms with Crippen molar-refractivity contribution in [1.29, 1.82) is 0 Å². The maximum absolute atomic E-state index is 12.5. The minimum Gasteiger partial charge on any atom is -0.350 e. The summed E-state index contributed by atoms with van der Waals surface area (Å²) in [4.78, 5) is 17.0. The number of halogens is 2. The van der Waals surface area contributed by atoms with Crippen LogP contribution in [0.4, 0.5) is 0 Å². The molecule has 3 N–H and O–H groups in total. The molecule has 0 radical (unpaired) electrons. The number of nitrogens with zero attached hydrogens (tertiary/aromatic N) is 1. The maximum Gasteiger partial charge on any atom is 0.252 e. The molecule has 0 saturated carbocycles. The van der Waals surface area contributed by atoms with Crippen LogP contribution in [0.2, 0.25) is 0 Å². The molecular formula is C17H25Cl2N3O. The average molecular weight is 358 g/mol. The molecule has 2 aromatic rings. The zero-order valence-electron chi connectivity index (χ0n) is 13.8. The molecule has 0 saturated heterocycles. The Morgan fingerprint density at radius 3 is 2.43 bits per heavy atom. The molecule has 6 heteroatoms. The first-order valence-corrected chi connectivity index (χ1v) is 7.42. The lowest BCUT2D eigenvalue weighted by Crippen LogP contribution is -2.49. The average Bonchev–Trinajstić information content (AvgIpc) is 2.51. The topological polar surface area (TPSA) is 68.0 Å². The Labute approximate surface area is 150 Å². The SMILES string of the molecule is CCC(N)(CC)CNC(=O)c1cc(C)nc2ccccc12.Cl.Cl. The zero-order chi connectivity index (χ0) is 15.5. The van der Waals surface area contributed by atoms with Gasteiger partial charge in [-0.1, -0.05) is 32.0 Å². The Hall–Kier alpha value is -1.36. The van der Waals surface area contributed by atoms with Gasteiger partial charge in [0.2, 0.25) is 0 Å². The van der Waals surface area contributed by atoms with Crippen molar-refractivity contribution in [2.24, 2.45) is 5.73 Å². The summed E-state index contributed by atoms with van der Waals surface area (Å²) in [5, 5.41) is 3.84. The second-order valence-corrected chi connectivity index (χ2v) is 5.58. The van der Waals surface area contributed by atoms with Crippen LogP contribution in [-0.2, 0) is 0 Å². The third-order valence-electron chi connectivity index (χ3n) is 4.10. The van der Waals surface area contributed by atoms with Crippen molar-refractivity contribution >= 4 is 41.6 Å². The molecular weight excluding hydrogens is 333 g/mol. The highest BCUT2D eigenvalue weighted by Gasteiger charge is 2.22. The number of carbonyl (C=O) groups excluding carboxylic acids is 1. The van der Waals surface area contributed by atoms with Gasteiger partial charge in [0.25, 0.3) is 5.91 Å². The fourth-order valence-corrected chi connectivity index (χ4v) is 2.35. The van der Waals surface area contributed by atoms with E-state index in [1.807, 2.05) is 51.1 Å². The largest absolute Gasteiger partial charge is 0.350 e. The summed E-state index contributed by atoms with van der Waals surface area (Å²) >= 11 is 0. The number of pyridine rings is 1. The summed E-state index contributed by atoms with van der Waals surface area (Å²) in [6, 6.07) is 9.52. The number of fused-ring (bicyclic) bond motifs is 1. The van der Waals surface area contributed by atoms with Gasteiger partial charge in [-0.3, -0.25) is 9.78 Å². The second-order valence-electron chi connectivity index (χ2n) is 5.58. The number of para-hydroxylation sites is 1. The molecule has 128 valence electrons. The van der Waals surface area contributed by atoms with Gasteiger partial charge in [0.05, 0.1) is 11.1 Å². The number of aryl methyl sites for hydroxylation is 1. The van der Waals surface area contributed by atoms with Crippen LogP contribution in [0, 0.1) is 6.92 Å². The Morgan fingerprint density at radius 2 is 1.83 bits per heavy atom. The number of benzene rings is 1. The number of carbonyl (C=O) groups is 1. The minimum absolute atomic E-state index is 0. The van der Waals surface area contributed by atoms with Crippen molar-refractivity contribution in [2.75, 3.05) is 6.54 Å². The van der Waals surface area contributed by atoms with Gasteiger partial charge in [-0.05, 0) is 31.9 Å². The summed E-state index contributed by atoms with van der Waals surface area (Å²) in [5.74, 6) is -0.0894. The van der Waals surface area contributed by atoms with E-state index in [9.17, 15) is 4.79 Å². The molecule has 0 unspecified atom stereocenters. The Balaban J connectivity index is 0.00000242. The third-order valence-corrected chi connectivity index (χ3v) is 4.10. The number of nitrogens with two attached hydrogens (primary N) is 1. The molecule has 0 spiro atoms. The summed E-state index contributed by atoms with van der Waals surface area (Å²) in [6.07, 6.45) is 1.67. The molecule has 0 atom stereocenters. The molecule has 4 nitrogen and oxygen atoms in total. The predicted molar refractivity (Wildman–Crippen MR) is 101 cm³/mol. The number of nitrogens with one attached hydrogen (secondary N) is 1. The number of hydrogen-bond acceptors (Lipinski definition) is 3. The number of amides is 1. The number of hydrogen-bond donors (Lipinski definition) is 2. The summed E-state index contributed by atoms with van der Waals surface area (Å²) in [7, 11) is 0. The highest BCUT2D eigenvalue weighted by molar-refractivity contribution is 6.06. The van der Waals surface area contributed by atoms with E-state index in [4.69, 9.17) is 5.73 Å². The normalized spacial score (nSPS) is 10.6. The lowest BCUT2D eigenvalue weighted by molar-refractivity contribution is 0.0943. The zero-order valence-corrected chi connectivity index (χ0v) is 15.4. The van der Waals surface area contributed by atoms with Crippen LogP contribution in [0.1, 0.15) is 42.7 Å². The maximum atomic E-state index is 12.5. The van der Waals surface area contributed by atoms with E-state index in [0.717, 1.165) is 29.4 Å². The molecule has 0 aliphatic carbocycles. The molecule has 1 aromatic heterocycles. The summed E-state index contributed by atoms with van der Waals surface area (Å²) in [6.45, 7) is 6.46. The van der Waals surface area contributed by atoms with Crippen LogP contribution in [-0.4, -0.2) is 23.0 Å². The van der Waals surface area contributed by atoms with Crippen LogP contribution in [0.25, 0.3) is 10.9 Å². The van der Waals surface area contributed by atoms with E-state index in [0.29, 0.717) is 12.1 Å². The monoisotopic (exact) mass is 357 g/mol. The van der Waals surface area contributed by atoms with E-state index in [-0.39, 0.29) is 36.3 Å². The summed E-state index contributed by atoms with van der Waals surface area (Å²) < 4.78 is 0. The molecule has 0 aliphatic rings. The van der Waals surface area contributed by atoms with Crippen molar-refractivity contribution in [2.45, 2.75) is 39.2 Å². The van der Waals surface area contributed by atoms with Crippen LogP contribution in [0.5, 0.6) is 0 Å². The Kier molecular flexibility index (Phi) is 8.53. The first-order chi connectivity index (χ1) is 9.99. The Morgan fingerprint density at radius 1 is 1.22 bits per heavy atom. The lowest BCUT2D eigenvalue weighted by atomic mass is 9.94. The molecule has 0 bridgehead atoms. The van der Waals surface area contributed by atoms with Crippen molar-refractivity contribution in [3.05, 3.63) is 41.6 Å². The number of aromatic nitrogens is 1. The van der Waals surface area contributed by atoms with Crippen molar-refractivity contribution in [3.8, 4) is 0 Å². The highest BCUT2D eigenvalue weighted by atomic mass is 35.5. The molecule has 0 fully saturated rings. The molecule has 2 rings (SSSR count). The molecule has 1 aromatic carbocycles. The van der Waals surface area contributed by atoms with Crippen LogP contribution < -0.4 is 11.1 Å². The van der Waals surface area contributed by atoms with Crippen molar-refractivity contribution < 1.29 is 4.79 Å². The Bertz CT molecular complexity index is 657. The van der Waals surface area contributed by atoms with Gasteiger partial charge in [-0.2, -0.15) is 0 Å². The smallest absolute Gasteiger partial charge is 0.252 e. The van der Waals surface area contributed by atoms with Gasteiger partial charge >= 0.3 is 0 Å². The van der Waals surface area contributed by atoms with Crippen LogP contribution in [0.15, 0.2) is 30.3 Å². The van der Waals surface area contributed by atoms with Gasteiger partial charge in [0.15, 0.2) is 0 Å². The quantitative estimate of drug-likeness (QED) is 0.858. The standard InChI is InChI=1S/C17H23N3O.2ClH/c1-4-17(18,5-2)11-19-16(21)14-10-12(3)20-15-9-7-6-8-13(14)15;;/h6-10H,4-5,11,18H2,1-3H3,(H,19,21);2*1H. The van der Waals surface area contributed by atoms with Crippen molar-refractivity contribution in [1.82, 2.24) is 10.3 Å². The van der Waals surface area contributed by atoms with E-state index in [1.54, 1.807) is 0 Å². The first-order valence-electron chi connectivity index (χ1n) is 7.42. The van der Waals surface area contributed by atoms with Crippen LogP contribution >= 0.6 is 24.8 Å². The summed E-state index contributed by atoms with van der Waals surface area (Å²) in [5.41, 5.74) is 8.24. The van der Waals surface area contributed by atoms with Gasteiger partial charge in [-0.25, -0.2) is 0 Å². The van der Waals surface area contributed by atoms with Gasteiger partial charge in [-0.15, -0.1) is 24.8 Å². The highest BCUT2D eigenvalue weighted by Crippen LogP contribution is 2.18. The molecule has 0 aliphatic heterocycles. The molecule has 23 heavy (non-hydrogen) atoms. The third kappa shape index (κ3) is 5.06. The molecule has 1 heterocycles.